The zero-order valence-electron chi connectivity index (χ0n) is 9.37. The topological polar surface area (TPSA) is 20.2 Å². The maximum Gasteiger partial charge on any atom is 2.00 e. The molecule has 0 unspecified atom stereocenters. The molecule has 0 heterocycles. The van der Waals surface area contributed by atoms with Crippen molar-refractivity contribution in [3.63, 3.8) is 0 Å². The summed E-state index contributed by atoms with van der Waals surface area (Å²) in [6.07, 6.45) is 11.4. The van der Waals surface area contributed by atoms with E-state index in [4.69, 9.17) is 5.11 Å². The third-order valence-corrected chi connectivity index (χ3v) is 2.28. The Labute approximate surface area is 100 Å². The standard InChI is InChI=1S/C6H11O.C6H13.Fe/c7-6-4-2-1-3-5-6;1-3-5-6-4-2;/h7H,1-5H2;1,3-6H2,2H3;/q2*-1;+2. The van der Waals surface area contributed by atoms with E-state index in [2.05, 4.69) is 13.8 Å². The third kappa shape index (κ3) is 12.5. The summed E-state index contributed by atoms with van der Waals surface area (Å²) in [5.74, 6) is 0. The predicted octanol–water partition coefficient (Wildman–Crippen LogP) is 4.25. The first-order valence-electron chi connectivity index (χ1n) is 5.64. The van der Waals surface area contributed by atoms with E-state index in [0.29, 0.717) is 6.10 Å². The molecule has 0 radical (unpaired) electrons. The first kappa shape index (κ1) is 16.9. The van der Waals surface area contributed by atoms with Gasteiger partial charge in [0.25, 0.3) is 0 Å². The van der Waals surface area contributed by atoms with Gasteiger partial charge in [0.1, 0.15) is 0 Å². The molecule has 1 aliphatic carbocycles. The van der Waals surface area contributed by atoms with E-state index in [9.17, 15) is 0 Å². The molecular formula is C12H24FeO. The molecular weight excluding hydrogens is 216 g/mol. The van der Waals surface area contributed by atoms with Crippen LogP contribution in [0, 0.1) is 13.0 Å². The molecule has 1 saturated carbocycles. The normalized spacial score (nSPS) is 16.5. The average molecular weight is 240 g/mol. The van der Waals surface area contributed by atoms with Gasteiger partial charge in [-0.25, -0.2) is 6.10 Å². The number of rotatable bonds is 3. The van der Waals surface area contributed by atoms with Gasteiger partial charge in [-0.3, -0.25) is 0 Å². The summed E-state index contributed by atoms with van der Waals surface area (Å²) >= 11 is 0. The Hall–Kier alpha value is 0.479. The van der Waals surface area contributed by atoms with Crippen molar-refractivity contribution in [2.45, 2.75) is 64.7 Å². The van der Waals surface area contributed by atoms with Gasteiger partial charge in [0.2, 0.25) is 0 Å². The van der Waals surface area contributed by atoms with Crippen LogP contribution in [0.3, 0.4) is 0 Å². The second kappa shape index (κ2) is 13.5. The monoisotopic (exact) mass is 240 g/mol. The molecule has 0 amide bonds. The maximum atomic E-state index is 8.83. The Balaban J connectivity index is 0. The molecule has 0 spiro atoms. The Kier molecular flexibility index (Phi) is 16.3. The summed E-state index contributed by atoms with van der Waals surface area (Å²) < 4.78 is 0. The minimum atomic E-state index is 0. The van der Waals surface area contributed by atoms with Gasteiger partial charge < -0.3 is 12.0 Å². The molecule has 2 heteroatoms. The minimum Gasteiger partial charge on any atom is -0.563 e. The van der Waals surface area contributed by atoms with Crippen LogP contribution in [0.25, 0.3) is 0 Å². The van der Waals surface area contributed by atoms with Gasteiger partial charge >= 0.3 is 17.1 Å². The number of unbranched alkanes of at least 4 members (excludes halogenated alkanes) is 3. The van der Waals surface area contributed by atoms with Gasteiger partial charge in [-0.2, -0.15) is 19.3 Å². The molecule has 1 N–H and O–H groups in total. The fourth-order valence-corrected chi connectivity index (χ4v) is 1.39. The third-order valence-electron chi connectivity index (χ3n) is 2.28. The SMILES string of the molecule is O[C-]1CCCCC1.[CH2-]CCCCC.[Fe+2]. The van der Waals surface area contributed by atoms with Crippen LogP contribution in [0.4, 0.5) is 0 Å². The van der Waals surface area contributed by atoms with Crippen LogP contribution in [0.5, 0.6) is 0 Å². The minimum absolute atomic E-state index is 0. The molecule has 86 valence electrons. The summed E-state index contributed by atoms with van der Waals surface area (Å²) in [7, 11) is 0. The molecule has 1 aliphatic rings. The van der Waals surface area contributed by atoms with Crippen LogP contribution < -0.4 is 0 Å². The van der Waals surface area contributed by atoms with Crippen LogP contribution in [0.2, 0.25) is 0 Å². The molecule has 0 atom stereocenters. The van der Waals surface area contributed by atoms with E-state index in [1.165, 1.54) is 38.5 Å². The Morgan fingerprint density at radius 1 is 1.14 bits per heavy atom. The largest absolute Gasteiger partial charge is 2.00 e. The van der Waals surface area contributed by atoms with Gasteiger partial charge in [-0.1, -0.05) is 45.4 Å². The summed E-state index contributed by atoms with van der Waals surface area (Å²) in [5.41, 5.74) is 0. The van der Waals surface area contributed by atoms with Crippen molar-refractivity contribution in [3.05, 3.63) is 13.0 Å². The molecule has 1 nitrogen and oxygen atoms in total. The van der Waals surface area contributed by atoms with Crippen LogP contribution in [-0.2, 0) is 17.1 Å². The average Bonchev–Trinajstić information content (AvgIpc) is 2.17. The molecule has 1 rings (SSSR count). The van der Waals surface area contributed by atoms with Gasteiger partial charge in [0, 0.05) is 0 Å². The van der Waals surface area contributed by atoms with E-state index in [-0.39, 0.29) is 17.1 Å². The van der Waals surface area contributed by atoms with Gasteiger partial charge in [0.05, 0.1) is 0 Å². The van der Waals surface area contributed by atoms with Crippen molar-refractivity contribution in [2.24, 2.45) is 0 Å². The Bertz CT molecular complexity index is 86.3. The molecule has 0 aromatic rings. The van der Waals surface area contributed by atoms with Crippen molar-refractivity contribution >= 4 is 0 Å². The van der Waals surface area contributed by atoms with Crippen molar-refractivity contribution in [1.82, 2.24) is 0 Å². The van der Waals surface area contributed by atoms with Crippen molar-refractivity contribution in [2.75, 3.05) is 0 Å². The summed E-state index contributed by atoms with van der Waals surface area (Å²) in [6, 6.07) is 0. The van der Waals surface area contributed by atoms with E-state index < -0.39 is 0 Å². The summed E-state index contributed by atoms with van der Waals surface area (Å²) in [4.78, 5) is 0. The maximum absolute atomic E-state index is 8.83. The zero-order chi connectivity index (χ0) is 9.94. The first-order valence-corrected chi connectivity index (χ1v) is 5.64. The summed E-state index contributed by atoms with van der Waals surface area (Å²) in [6.45, 7) is 5.93. The van der Waals surface area contributed by atoms with Crippen molar-refractivity contribution in [1.29, 1.82) is 0 Å². The number of hydrogen-bond donors (Lipinski definition) is 1. The number of aliphatic hydroxyl groups excluding tert-OH is 1. The first-order chi connectivity index (χ1) is 6.31. The molecule has 0 aromatic heterocycles. The van der Waals surface area contributed by atoms with Crippen LogP contribution in [0.1, 0.15) is 64.7 Å². The Morgan fingerprint density at radius 3 is 1.93 bits per heavy atom. The van der Waals surface area contributed by atoms with Crippen molar-refractivity contribution < 1.29 is 22.2 Å². The van der Waals surface area contributed by atoms with Gasteiger partial charge in [-0.05, 0) is 0 Å². The van der Waals surface area contributed by atoms with E-state index in [1.807, 2.05) is 0 Å². The molecule has 0 bridgehead atoms. The van der Waals surface area contributed by atoms with Crippen LogP contribution in [-0.4, -0.2) is 5.11 Å². The van der Waals surface area contributed by atoms with Gasteiger partial charge in [-0.15, -0.1) is 0 Å². The molecule has 0 aliphatic heterocycles. The Morgan fingerprint density at radius 2 is 1.71 bits per heavy atom. The fourth-order valence-electron chi connectivity index (χ4n) is 1.39. The fraction of sp³-hybridized carbons (Fsp3) is 0.833. The van der Waals surface area contributed by atoms with E-state index >= 15 is 0 Å². The molecule has 1 fully saturated rings. The second-order valence-corrected chi connectivity index (χ2v) is 3.69. The number of hydrogen-bond acceptors (Lipinski definition) is 1. The smallest absolute Gasteiger partial charge is 0.563 e. The second-order valence-electron chi connectivity index (χ2n) is 3.69. The van der Waals surface area contributed by atoms with Crippen LogP contribution >= 0.6 is 0 Å². The van der Waals surface area contributed by atoms with Gasteiger partial charge in [0.15, 0.2) is 0 Å². The predicted molar refractivity (Wildman–Crippen MR) is 57.8 cm³/mol. The molecule has 0 saturated heterocycles. The van der Waals surface area contributed by atoms with Crippen LogP contribution in [0.15, 0.2) is 0 Å². The quantitative estimate of drug-likeness (QED) is 0.444. The zero-order valence-corrected chi connectivity index (χ0v) is 10.5. The van der Waals surface area contributed by atoms with Crippen molar-refractivity contribution in [3.8, 4) is 0 Å². The van der Waals surface area contributed by atoms with E-state index in [1.54, 1.807) is 0 Å². The molecule has 0 aromatic carbocycles. The number of aliphatic hydroxyl groups is 1. The summed E-state index contributed by atoms with van der Waals surface area (Å²) in [5, 5.41) is 8.83. The molecule has 14 heavy (non-hydrogen) atoms. The van der Waals surface area contributed by atoms with E-state index in [0.717, 1.165) is 19.3 Å².